The van der Waals surface area contributed by atoms with Gasteiger partial charge >= 0.3 is 18.2 Å². The zero-order valence-corrected chi connectivity index (χ0v) is 21.7. The smallest absolute Gasteiger partial charge is 0.418 e. The molecule has 1 N–H and O–H groups in total. The highest BCUT2D eigenvalue weighted by Crippen LogP contribution is 2.23. The molecular formula is C28H34N2O7. The fraction of sp³-hybridized carbons (Fsp3) is 0.393. The maximum atomic E-state index is 12.9. The summed E-state index contributed by atoms with van der Waals surface area (Å²) in [6.07, 6.45) is 0.902. The van der Waals surface area contributed by atoms with E-state index in [4.69, 9.17) is 18.9 Å². The molecule has 0 fully saturated rings. The lowest BCUT2D eigenvalue weighted by molar-refractivity contribution is -0.148. The van der Waals surface area contributed by atoms with Gasteiger partial charge in [-0.05, 0) is 51.3 Å². The summed E-state index contributed by atoms with van der Waals surface area (Å²) in [6.45, 7) is 7.22. The molecule has 0 radical (unpaired) electrons. The van der Waals surface area contributed by atoms with Gasteiger partial charge in [0.05, 0.1) is 24.8 Å². The highest BCUT2D eigenvalue weighted by Gasteiger charge is 2.23. The van der Waals surface area contributed by atoms with Gasteiger partial charge in [0.1, 0.15) is 18.8 Å². The largest absolute Gasteiger partial charge is 0.464 e. The summed E-state index contributed by atoms with van der Waals surface area (Å²) >= 11 is 0. The highest BCUT2D eigenvalue weighted by atomic mass is 16.6. The molecular weight excluding hydrogens is 476 g/mol. The molecule has 1 atom stereocenters. The number of carbonyl (C=O) groups is 3. The first-order chi connectivity index (χ1) is 17.7. The van der Waals surface area contributed by atoms with Gasteiger partial charge in [0.15, 0.2) is 0 Å². The molecule has 0 bridgehead atoms. The molecule has 1 amide bonds. The molecule has 3 aromatic rings. The van der Waals surface area contributed by atoms with Crippen LogP contribution in [-0.4, -0.2) is 54.2 Å². The third kappa shape index (κ3) is 8.64. The maximum absolute atomic E-state index is 12.9. The Morgan fingerprint density at radius 2 is 1.68 bits per heavy atom. The van der Waals surface area contributed by atoms with Crippen LogP contribution in [0.15, 0.2) is 60.8 Å². The lowest BCUT2D eigenvalue weighted by Gasteiger charge is -2.23. The number of benzene rings is 2. The van der Waals surface area contributed by atoms with Gasteiger partial charge in [0, 0.05) is 11.6 Å². The van der Waals surface area contributed by atoms with E-state index in [0.29, 0.717) is 11.9 Å². The molecule has 1 unspecified atom stereocenters. The number of esters is 1. The summed E-state index contributed by atoms with van der Waals surface area (Å²) in [6, 6.07) is 16.3. The number of carbonyl (C=O) groups excluding carboxylic acids is 3. The summed E-state index contributed by atoms with van der Waals surface area (Å²) in [5, 5.41) is 3.65. The van der Waals surface area contributed by atoms with Crippen molar-refractivity contribution in [1.29, 1.82) is 0 Å². The van der Waals surface area contributed by atoms with Crippen LogP contribution in [0.25, 0.3) is 10.9 Å². The van der Waals surface area contributed by atoms with E-state index < -0.39 is 29.8 Å². The molecule has 3 rings (SSSR count). The molecule has 9 nitrogen and oxygen atoms in total. The van der Waals surface area contributed by atoms with Gasteiger partial charge in [0.2, 0.25) is 0 Å². The van der Waals surface area contributed by atoms with E-state index in [-0.39, 0.29) is 26.4 Å². The first-order valence-corrected chi connectivity index (χ1v) is 12.2. The summed E-state index contributed by atoms with van der Waals surface area (Å²) in [4.78, 5) is 37.1. The average molecular weight is 511 g/mol. The zero-order chi connectivity index (χ0) is 26.8. The molecule has 1 heterocycles. The third-order valence-electron chi connectivity index (χ3n) is 5.23. The second kappa shape index (κ2) is 12.9. The van der Waals surface area contributed by atoms with Gasteiger partial charge in [-0.3, -0.25) is 4.57 Å². The van der Waals surface area contributed by atoms with Crippen molar-refractivity contribution < 1.29 is 33.3 Å². The quantitative estimate of drug-likeness (QED) is 0.307. The summed E-state index contributed by atoms with van der Waals surface area (Å²) in [7, 11) is 0. The van der Waals surface area contributed by atoms with E-state index >= 15 is 0 Å². The average Bonchev–Trinajstić information content (AvgIpc) is 3.20. The molecule has 198 valence electrons. The highest BCUT2D eigenvalue weighted by molar-refractivity contribution is 5.92. The zero-order valence-electron chi connectivity index (χ0n) is 21.7. The van der Waals surface area contributed by atoms with Crippen LogP contribution in [-0.2, 0) is 36.8 Å². The topological polar surface area (TPSA) is 105 Å². The van der Waals surface area contributed by atoms with Crippen LogP contribution in [0.1, 0.15) is 38.8 Å². The van der Waals surface area contributed by atoms with Crippen molar-refractivity contribution in [3.05, 3.63) is 71.9 Å². The van der Waals surface area contributed by atoms with Gasteiger partial charge in [0.25, 0.3) is 0 Å². The Labute approximate surface area is 216 Å². The molecule has 1 aromatic heterocycles. The summed E-state index contributed by atoms with van der Waals surface area (Å²) in [5.74, 6) is -0.490. The van der Waals surface area contributed by atoms with Crippen molar-refractivity contribution >= 4 is 29.1 Å². The van der Waals surface area contributed by atoms with Gasteiger partial charge in [-0.2, -0.15) is 0 Å². The molecule has 0 spiro atoms. The number of amides is 1. The summed E-state index contributed by atoms with van der Waals surface area (Å²) < 4.78 is 22.8. The number of ether oxygens (including phenoxy) is 4. The monoisotopic (exact) mass is 510 g/mol. The Kier molecular flexibility index (Phi) is 9.68. The lowest BCUT2D eigenvalue weighted by Crippen LogP contribution is -2.43. The van der Waals surface area contributed by atoms with E-state index in [0.717, 1.165) is 16.5 Å². The first kappa shape index (κ1) is 27.7. The van der Waals surface area contributed by atoms with E-state index in [1.807, 2.05) is 54.6 Å². The van der Waals surface area contributed by atoms with Crippen molar-refractivity contribution in [3.8, 4) is 0 Å². The van der Waals surface area contributed by atoms with Crippen molar-refractivity contribution in [1.82, 2.24) is 9.88 Å². The Bertz CT molecular complexity index is 1200. The first-order valence-electron chi connectivity index (χ1n) is 12.2. The predicted molar refractivity (Wildman–Crippen MR) is 138 cm³/mol. The van der Waals surface area contributed by atoms with Crippen molar-refractivity contribution in [2.45, 2.75) is 52.4 Å². The standard InChI is InChI=1S/C28H34N2O7/c1-5-35-25(31)19-34-18-22(29-26(32)37-28(2,3)4)15-21-16-30(24-14-10-9-13-23(21)24)27(33)36-17-20-11-7-6-8-12-20/h6-14,16,22H,5,15,17-19H2,1-4H3,(H,29,32). The number of hydrogen-bond acceptors (Lipinski definition) is 7. The third-order valence-corrected chi connectivity index (χ3v) is 5.23. The number of nitrogens with one attached hydrogen (secondary N) is 1. The predicted octanol–water partition coefficient (Wildman–Crippen LogP) is 4.84. The van der Waals surface area contributed by atoms with Gasteiger partial charge in [-0.1, -0.05) is 48.5 Å². The number of para-hydroxylation sites is 1. The van der Waals surface area contributed by atoms with Crippen LogP contribution in [0.2, 0.25) is 0 Å². The number of fused-ring (bicyclic) bond motifs is 1. The van der Waals surface area contributed by atoms with E-state index in [1.54, 1.807) is 33.9 Å². The molecule has 0 aliphatic carbocycles. The van der Waals surface area contributed by atoms with Crippen LogP contribution in [0, 0.1) is 0 Å². The van der Waals surface area contributed by atoms with Crippen LogP contribution in [0.3, 0.4) is 0 Å². The summed E-state index contributed by atoms with van der Waals surface area (Å²) in [5.41, 5.74) is 1.68. The van der Waals surface area contributed by atoms with E-state index in [9.17, 15) is 14.4 Å². The molecule has 0 saturated heterocycles. The van der Waals surface area contributed by atoms with Gasteiger partial charge < -0.3 is 24.3 Å². The lowest BCUT2D eigenvalue weighted by atomic mass is 10.1. The number of hydrogen-bond donors (Lipinski definition) is 1. The van der Waals surface area contributed by atoms with E-state index in [1.165, 1.54) is 4.57 Å². The molecule has 2 aromatic carbocycles. The number of rotatable bonds is 10. The fourth-order valence-electron chi connectivity index (χ4n) is 3.73. The molecule has 0 aliphatic rings. The SMILES string of the molecule is CCOC(=O)COCC(Cc1cn(C(=O)OCc2ccccc2)c2ccccc12)NC(=O)OC(C)(C)C. The van der Waals surface area contributed by atoms with Crippen molar-refractivity contribution in [2.75, 3.05) is 19.8 Å². The second-order valence-electron chi connectivity index (χ2n) is 9.45. The van der Waals surface area contributed by atoms with Crippen molar-refractivity contribution in [3.63, 3.8) is 0 Å². The Balaban J connectivity index is 1.78. The van der Waals surface area contributed by atoms with Crippen LogP contribution in [0.4, 0.5) is 9.59 Å². The normalized spacial score (nSPS) is 12.1. The number of aromatic nitrogens is 1. The van der Waals surface area contributed by atoms with Crippen LogP contribution in [0.5, 0.6) is 0 Å². The Hall–Kier alpha value is -3.85. The fourth-order valence-corrected chi connectivity index (χ4v) is 3.73. The van der Waals surface area contributed by atoms with Crippen LogP contribution < -0.4 is 5.32 Å². The Morgan fingerprint density at radius 1 is 0.973 bits per heavy atom. The van der Waals surface area contributed by atoms with Crippen LogP contribution >= 0.6 is 0 Å². The number of alkyl carbamates (subject to hydrolysis) is 1. The molecule has 0 saturated carbocycles. The minimum Gasteiger partial charge on any atom is -0.464 e. The van der Waals surface area contributed by atoms with Gasteiger partial charge in [-0.25, -0.2) is 14.4 Å². The Morgan fingerprint density at radius 3 is 2.38 bits per heavy atom. The van der Waals surface area contributed by atoms with E-state index in [2.05, 4.69) is 5.32 Å². The van der Waals surface area contributed by atoms with Crippen molar-refractivity contribution in [2.24, 2.45) is 0 Å². The second-order valence-corrected chi connectivity index (χ2v) is 9.45. The number of nitrogens with zero attached hydrogens (tertiary/aromatic N) is 1. The maximum Gasteiger partial charge on any atom is 0.418 e. The minimum absolute atomic E-state index is 0.0377. The molecule has 0 aliphatic heterocycles. The van der Waals surface area contributed by atoms with Gasteiger partial charge in [-0.15, -0.1) is 0 Å². The molecule has 37 heavy (non-hydrogen) atoms. The molecule has 9 heteroatoms. The minimum atomic E-state index is -0.682.